The Kier molecular flexibility index (Phi) is 8.48. The number of carbonyl (C=O) groups is 4. The molecule has 0 aliphatic heterocycles. The van der Waals surface area contributed by atoms with Crippen LogP contribution >= 0.6 is 0 Å². The van der Waals surface area contributed by atoms with Gasteiger partial charge in [-0.2, -0.15) is 0 Å². The molecule has 5 N–H and O–H groups in total. The molecule has 0 radical (unpaired) electrons. The van der Waals surface area contributed by atoms with E-state index >= 15 is 0 Å². The number of carboxylic acid groups (broad SMARTS) is 1. The van der Waals surface area contributed by atoms with Gasteiger partial charge in [-0.1, -0.05) is 60.7 Å². The Labute approximate surface area is 185 Å². The highest BCUT2D eigenvalue weighted by atomic mass is 16.5. The lowest BCUT2D eigenvalue weighted by molar-refractivity contribution is -0.146. The molecule has 0 saturated carbocycles. The molecule has 32 heavy (non-hydrogen) atoms. The van der Waals surface area contributed by atoms with Crippen molar-refractivity contribution in [3.05, 3.63) is 71.8 Å². The third kappa shape index (κ3) is 7.51. The zero-order valence-corrected chi connectivity index (χ0v) is 17.9. The van der Waals surface area contributed by atoms with Gasteiger partial charge >= 0.3 is 12.1 Å². The smallest absolute Gasteiger partial charge is 0.408 e. The normalized spacial score (nSPS) is 12.8. The number of hydrogen-bond donors (Lipinski definition) is 4. The maximum absolute atomic E-state index is 12.8. The fraction of sp³-hybridized carbons (Fsp3) is 0.304. The summed E-state index contributed by atoms with van der Waals surface area (Å²) < 4.78 is 5.13. The molecule has 9 nitrogen and oxygen atoms in total. The van der Waals surface area contributed by atoms with Gasteiger partial charge in [0.2, 0.25) is 11.8 Å². The minimum absolute atomic E-state index is 0.0621. The summed E-state index contributed by atoms with van der Waals surface area (Å²) in [5.74, 6) is -4.49. The topological polar surface area (TPSA) is 148 Å². The summed E-state index contributed by atoms with van der Waals surface area (Å²) in [6.07, 6.45) is -1.05. The van der Waals surface area contributed by atoms with E-state index in [9.17, 15) is 24.3 Å². The maximum Gasteiger partial charge on any atom is 0.408 e. The molecule has 3 amide bonds. The lowest BCUT2D eigenvalue weighted by Gasteiger charge is -2.25. The van der Waals surface area contributed by atoms with Gasteiger partial charge in [0.1, 0.15) is 12.6 Å². The lowest BCUT2D eigenvalue weighted by Crippen LogP contribution is -2.58. The predicted octanol–water partition coefficient (Wildman–Crippen LogP) is 1.61. The summed E-state index contributed by atoms with van der Waals surface area (Å²) >= 11 is 0. The third-order valence-corrected chi connectivity index (χ3v) is 4.61. The highest BCUT2D eigenvalue weighted by Crippen LogP contribution is 2.15. The van der Waals surface area contributed by atoms with Crippen LogP contribution in [0.2, 0.25) is 0 Å². The molecule has 0 aromatic heterocycles. The number of amides is 3. The van der Waals surface area contributed by atoms with E-state index in [1.807, 2.05) is 0 Å². The first-order valence-corrected chi connectivity index (χ1v) is 9.96. The highest BCUT2D eigenvalue weighted by molar-refractivity contribution is 6.03. The van der Waals surface area contributed by atoms with Crippen LogP contribution in [0.3, 0.4) is 0 Å². The summed E-state index contributed by atoms with van der Waals surface area (Å²) in [6.45, 7) is 2.71. The van der Waals surface area contributed by atoms with Gasteiger partial charge in [0.25, 0.3) is 0 Å². The number of alkyl carbamates (subject to hydrolysis) is 1. The number of nitrogens with two attached hydrogens (primary N) is 1. The van der Waals surface area contributed by atoms with Crippen LogP contribution in [0.1, 0.15) is 25.0 Å². The second-order valence-electron chi connectivity index (χ2n) is 7.86. The molecule has 0 heterocycles. The predicted molar refractivity (Wildman–Crippen MR) is 116 cm³/mol. The molecule has 9 heteroatoms. The monoisotopic (exact) mass is 441 g/mol. The molecule has 0 aliphatic rings. The SMILES string of the molecule is CC(C)(N)C(=O)NC(=O)[C@@H](NC(=O)OCc1ccccc1)C(Cc1ccccc1)C(=O)O. The average molecular weight is 441 g/mol. The Morgan fingerprint density at radius 1 is 0.969 bits per heavy atom. The molecule has 2 rings (SSSR count). The Morgan fingerprint density at radius 2 is 1.50 bits per heavy atom. The van der Waals surface area contributed by atoms with Gasteiger partial charge in [0, 0.05) is 0 Å². The molecule has 170 valence electrons. The number of aliphatic carboxylic acids is 1. The van der Waals surface area contributed by atoms with E-state index in [4.69, 9.17) is 10.5 Å². The van der Waals surface area contributed by atoms with Gasteiger partial charge in [-0.25, -0.2) is 4.79 Å². The zero-order valence-electron chi connectivity index (χ0n) is 17.9. The van der Waals surface area contributed by atoms with E-state index in [0.29, 0.717) is 11.1 Å². The molecule has 1 unspecified atom stereocenters. The molecule has 2 atom stereocenters. The second kappa shape index (κ2) is 11.1. The lowest BCUT2D eigenvalue weighted by atomic mass is 9.91. The van der Waals surface area contributed by atoms with Crippen molar-refractivity contribution in [3.63, 3.8) is 0 Å². The number of ether oxygens (including phenoxy) is 1. The minimum Gasteiger partial charge on any atom is -0.481 e. The fourth-order valence-corrected chi connectivity index (χ4v) is 2.81. The van der Waals surface area contributed by atoms with Crippen molar-refractivity contribution in [1.82, 2.24) is 10.6 Å². The van der Waals surface area contributed by atoms with E-state index in [1.54, 1.807) is 60.7 Å². The highest BCUT2D eigenvalue weighted by Gasteiger charge is 2.37. The number of carbonyl (C=O) groups excluding carboxylic acids is 3. The molecule has 0 bridgehead atoms. The number of benzene rings is 2. The van der Waals surface area contributed by atoms with Gasteiger partial charge in [-0.3, -0.25) is 19.7 Å². The van der Waals surface area contributed by atoms with Gasteiger partial charge in [-0.15, -0.1) is 0 Å². The summed E-state index contributed by atoms with van der Waals surface area (Å²) in [5.41, 5.74) is 5.68. The summed E-state index contributed by atoms with van der Waals surface area (Å²) in [5, 5.41) is 14.2. The zero-order chi connectivity index (χ0) is 23.7. The molecule has 0 saturated heterocycles. The number of rotatable bonds is 9. The molecule has 0 aliphatic carbocycles. The summed E-state index contributed by atoms with van der Waals surface area (Å²) in [7, 11) is 0. The Morgan fingerprint density at radius 3 is 2.00 bits per heavy atom. The van der Waals surface area contributed by atoms with Gasteiger partial charge in [-0.05, 0) is 31.4 Å². The maximum atomic E-state index is 12.8. The third-order valence-electron chi connectivity index (χ3n) is 4.61. The van der Waals surface area contributed by atoms with Crippen LogP contribution in [0, 0.1) is 5.92 Å². The first kappa shape index (κ1) is 24.5. The molecule has 2 aromatic rings. The second-order valence-corrected chi connectivity index (χ2v) is 7.86. The van der Waals surface area contributed by atoms with Crippen molar-refractivity contribution in [2.24, 2.45) is 11.7 Å². The number of nitrogens with one attached hydrogen (secondary N) is 2. The van der Waals surface area contributed by atoms with Gasteiger partial charge < -0.3 is 20.9 Å². The van der Waals surface area contributed by atoms with Crippen molar-refractivity contribution in [3.8, 4) is 0 Å². The Hall–Kier alpha value is -3.72. The van der Waals surface area contributed by atoms with Gasteiger partial charge in [0.05, 0.1) is 11.5 Å². The quantitative estimate of drug-likeness (QED) is 0.462. The van der Waals surface area contributed by atoms with E-state index in [-0.39, 0.29) is 13.0 Å². The van der Waals surface area contributed by atoms with Crippen molar-refractivity contribution < 1.29 is 29.0 Å². The standard InChI is InChI=1S/C23H27N3O6/c1-23(2,24)21(30)26-19(27)18(17(20(28)29)13-15-9-5-3-6-10-15)25-22(31)32-14-16-11-7-4-8-12-16/h3-12,17-18H,13-14,24H2,1-2H3,(H,25,31)(H,28,29)(H,26,27,30)/t17?,18-/m0/s1. The van der Waals surface area contributed by atoms with E-state index in [2.05, 4.69) is 10.6 Å². The van der Waals surface area contributed by atoms with Crippen LogP contribution in [0.15, 0.2) is 60.7 Å². The van der Waals surface area contributed by atoms with E-state index in [1.165, 1.54) is 13.8 Å². The molecule has 0 spiro atoms. The first-order chi connectivity index (χ1) is 15.1. The fourth-order valence-electron chi connectivity index (χ4n) is 2.81. The summed E-state index contributed by atoms with van der Waals surface area (Å²) in [6, 6.07) is 15.9. The van der Waals surface area contributed by atoms with Crippen molar-refractivity contribution >= 4 is 23.9 Å². The molecular formula is C23H27N3O6. The van der Waals surface area contributed by atoms with E-state index < -0.39 is 41.4 Å². The molecule has 0 fully saturated rings. The average Bonchev–Trinajstić information content (AvgIpc) is 2.75. The first-order valence-electron chi connectivity index (χ1n) is 9.96. The Balaban J connectivity index is 2.21. The van der Waals surface area contributed by atoms with Crippen LogP contribution in [-0.2, 0) is 32.1 Å². The van der Waals surface area contributed by atoms with Crippen LogP contribution < -0.4 is 16.4 Å². The summed E-state index contributed by atoms with van der Waals surface area (Å²) in [4.78, 5) is 49.4. The van der Waals surface area contributed by atoms with Gasteiger partial charge in [0.15, 0.2) is 0 Å². The van der Waals surface area contributed by atoms with Crippen LogP contribution in [-0.4, -0.2) is 40.6 Å². The van der Waals surface area contributed by atoms with E-state index in [0.717, 1.165) is 0 Å². The van der Waals surface area contributed by atoms with Crippen LogP contribution in [0.5, 0.6) is 0 Å². The number of imide groups is 1. The minimum atomic E-state index is -1.58. The Bertz CT molecular complexity index is 941. The molecule has 2 aromatic carbocycles. The van der Waals surface area contributed by atoms with Crippen molar-refractivity contribution in [2.45, 2.75) is 38.5 Å². The number of hydrogen-bond acceptors (Lipinski definition) is 6. The largest absolute Gasteiger partial charge is 0.481 e. The van der Waals surface area contributed by atoms with Crippen LogP contribution in [0.4, 0.5) is 4.79 Å². The number of carboxylic acids is 1. The van der Waals surface area contributed by atoms with Crippen molar-refractivity contribution in [2.75, 3.05) is 0 Å². The molecular weight excluding hydrogens is 414 g/mol. The van der Waals surface area contributed by atoms with Crippen molar-refractivity contribution in [1.29, 1.82) is 0 Å². The van der Waals surface area contributed by atoms with Crippen LogP contribution in [0.25, 0.3) is 0 Å².